The summed E-state index contributed by atoms with van der Waals surface area (Å²) >= 11 is 0. The third-order valence-corrected chi connectivity index (χ3v) is 7.02. The molecule has 4 bridgehead atoms. The number of aromatic nitrogens is 2. The van der Waals surface area contributed by atoms with Gasteiger partial charge in [0.05, 0.1) is 6.54 Å². The molecule has 5 heteroatoms. The van der Waals surface area contributed by atoms with Crippen molar-refractivity contribution in [2.75, 3.05) is 13.1 Å². The first-order valence-corrected chi connectivity index (χ1v) is 9.90. The van der Waals surface area contributed by atoms with E-state index in [1.54, 1.807) is 6.20 Å². The van der Waals surface area contributed by atoms with Gasteiger partial charge in [0.2, 0.25) is 11.8 Å². The van der Waals surface area contributed by atoms with Crippen molar-refractivity contribution >= 4 is 5.91 Å². The van der Waals surface area contributed by atoms with Gasteiger partial charge in [-0.25, -0.2) is 0 Å². The van der Waals surface area contributed by atoms with Gasteiger partial charge < -0.3 is 9.64 Å². The number of hydrogen-bond donors (Lipinski definition) is 0. The average Bonchev–Trinajstić information content (AvgIpc) is 3.03. The Hall–Kier alpha value is -1.65. The molecule has 5 aliphatic rings. The molecule has 25 heavy (non-hydrogen) atoms. The number of hydrogen-bond acceptors (Lipinski definition) is 4. The van der Waals surface area contributed by atoms with Crippen molar-refractivity contribution in [2.45, 2.75) is 57.5 Å². The van der Waals surface area contributed by atoms with Crippen LogP contribution < -0.4 is 4.74 Å². The molecule has 0 spiro atoms. The highest BCUT2D eigenvalue weighted by atomic mass is 16.5. The first-order chi connectivity index (χ1) is 12.2. The number of carbonyl (C=O) groups excluding carboxylic acids is 1. The Bertz CT molecular complexity index is 612. The second-order valence-corrected chi connectivity index (χ2v) is 9.02. The molecule has 4 aliphatic carbocycles. The molecular weight excluding hydrogens is 314 g/mol. The van der Waals surface area contributed by atoms with Crippen LogP contribution in [0, 0.1) is 23.2 Å². The zero-order valence-electron chi connectivity index (χ0n) is 14.8. The molecule has 5 nitrogen and oxygen atoms in total. The van der Waals surface area contributed by atoms with Gasteiger partial charge in [0.15, 0.2) is 0 Å². The lowest BCUT2D eigenvalue weighted by atomic mass is 9.49. The molecule has 1 aromatic rings. The van der Waals surface area contributed by atoms with Gasteiger partial charge >= 0.3 is 0 Å². The van der Waals surface area contributed by atoms with Crippen LogP contribution in [0.3, 0.4) is 0 Å². The summed E-state index contributed by atoms with van der Waals surface area (Å²) in [6.07, 6.45) is 11.6. The van der Waals surface area contributed by atoms with Crippen molar-refractivity contribution in [3.63, 3.8) is 0 Å². The van der Waals surface area contributed by atoms with Crippen LogP contribution in [0.1, 0.15) is 51.4 Å². The summed E-state index contributed by atoms with van der Waals surface area (Å²) < 4.78 is 5.88. The zero-order valence-corrected chi connectivity index (χ0v) is 14.8. The Balaban J connectivity index is 1.20. The summed E-state index contributed by atoms with van der Waals surface area (Å²) in [5.41, 5.74) is 0.329. The fourth-order valence-electron chi connectivity index (χ4n) is 6.51. The van der Waals surface area contributed by atoms with Crippen LogP contribution in [-0.2, 0) is 4.79 Å². The van der Waals surface area contributed by atoms with Crippen LogP contribution in [0.25, 0.3) is 0 Å². The first kappa shape index (κ1) is 15.6. The highest BCUT2D eigenvalue weighted by Gasteiger charge is 2.52. The van der Waals surface area contributed by atoms with Crippen molar-refractivity contribution in [3.05, 3.63) is 18.3 Å². The summed E-state index contributed by atoms with van der Waals surface area (Å²) in [5, 5.41) is 7.83. The van der Waals surface area contributed by atoms with E-state index in [2.05, 4.69) is 10.2 Å². The van der Waals surface area contributed by atoms with Crippen LogP contribution in [0.5, 0.6) is 5.88 Å². The van der Waals surface area contributed by atoms with Gasteiger partial charge in [-0.1, -0.05) is 0 Å². The maximum absolute atomic E-state index is 13.0. The molecule has 6 rings (SSSR count). The average molecular weight is 341 g/mol. The van der Waals surface area contributed by atoms with E-state index in [4.69, 9.17) is 4.74 Å². The molecule has 5 fully saturated rings. The van der Waals surface area contributed by atoms with E-state index in [9.17, 15) is 4.79 Å². The van der Waals surface area contributed by atoms with Gasteiger partial charge in [-0.05, 0) is 67.8 Å². The molecular formula is C20H27N3O2. The highest BCUT2D eigenvalue weighted by molar-refractivity contribution is 5.77. The van der Waals surface area contributed by atoms with E-state index < -0.39 is 0 Å². The van der Waals surface area contributed by atoms with Crippen LogP contribution in [-0.4, -0.2) is 40.2 Å². The molecule has 1 amide bonds. The van der Waals surface area contributed by atoms with Gasteiger partial charge in [-0.2, -0.15) is 5.10 Å². The molecule has 1 unspecified atom stereocenters. The number of nitrogens with zero attached hydrogens (tertiary/aromatic N) is 3. The minimum atomic E-state index is 0.0528. The minimum Gasteiger partial charge on any atom is -0.471 e. The molecule has 0 aromatic carbocycles. The Morgan fingerprint density at radius 1 is 1.20 bits per heavy atom. The molecule has 1 saturated heterocycles. The third-order valence-electron chi connectivity index (χ3n) is 7.02. The van der Waals surface area contributed by atoms with Crippen molar-refractivity contribution in [1.82, 2.24) is 15.1 Å². The Kier molecular flexibility index (Phi) is 3.72. The van der Waals surface area contributed by atoms with E-state index in [0.29, 0.717) is 23.7 Å². The zero-order chi connectivity index (χ0) is 16.9. The van der Waals surface area contributed by atoms with Gasteiger partial charge in [-0.3, -0.25) is 4.79 Å². The summed E-state index contributed by atoms with van der Waals surface area (Å²) in [4.78, 5) is 15.0. The molecule has 4 saturated carbocycles. The maximum atomic E-state index is 13.0. The van der Waals surface area contributed by atoms with E-state index in [0.717, 1.165) is 37.1 Å². The van der Waals surface area contributed by atoms with Crippen LogP contribution in [0.2, 0.25) is 0 Å². The van der Waals surface area contributed by atoms with E-state index >= 15 is 0 Å². The Morgan fingerprint density at radius 3 is 2.56 bits per heavy atom. The van der Waals surface area contributed by atoms with Crippen molar-refractivity contribution in [3.8, 4) is 5.88 Å². The number of rotatable bonds is 4. The molecule has 1 aliphatic heterocycles. The lowest BCUT2D eigenvalue weighted by Gasteiger charge is -2.56. The standard InChI is InChI=1S/C20H27N3O2/c24-19(12-20-9-14-6-15(10-20)8-16(7-14)11-20)23-5-3-17(13-23)25-18-2-1-4-21-22-18/h1-2,4,14-17H,3,5-13H2. The van der Waals surface area contributed by atoms with Gasteiger partial charge in [0.1, 0.15) is 6.10 Å². The van der Waals surface area contributed by atoms with E-state index in [-0.39, 0.29) is 6.10 Å². The molecule has 134 valence electrons. The van der Waals surface area contributed by atoms with Gasteiger partial charge in [0, 0.05) is 31.6 Å². The second kappa shape index (κ2) is 5.96. The molecule has 1 aromatic heterocycles. The summed E-state index contributed by atoms with van der Waals surface area (Å²) in [6, 6.07) is 3.65. The van der Waals surface area contributed by atoms with Crippen LogP contribution >= 0.6 is 0 Å². The van der Waals surface area contributed by atoms with E-state index in [1.807, 2.05) is 17.0 Å². The van der Waals surface area contributed by atoms with Crippen molar-refractivity contribution < 1.29 is 9.53 Å². The molecule has 1 atom stereocenters. The predicted octanol–water partition coefficient (Wildman–Crippen LogP) is 3.06. The SMILES string of the molecule is O=C(CC12CC3CC(CC(C3)C1)C2)N1CCC(Oc2cccnn2)C1. The maximum Gasteiger partial charge on any atom is 0.233 e. The smallest absolute Gasteiger partial charge is 0.233 e. The summed E-state index contributed by atoms with van der Waals surface area (Å²) in [5.74, 6) is 3.64. The normalized spacial score (nSPS) is 39.0. The molecule has 0 radical (unpaired) electrons. The minimum absolute atomic E-state index is 0.0528. The molecule has 2 heterocycles. The third kappa shape index (κ3) is 3.02. The fourth-order valence-corrected chi connectivity index (χ4v) is 6.51. The van der Waals surface area contributed by atoms with Crippen LogP contribution in [0.4, 0.5) is 0 Å². The van der Waals surface area contributed by atoms with E-state index in [1.165, 1.54) is 38.5 Å². The Morgan fingerprint density at radius 2 is 1.92 bits per heavy atom. The van der Waals surface area contributed by atoms with Crippen molar-refractivity contribution in [1.29, 1.82) is 0 Å². The predicted molar refractivity (Wildman–Crippen MR) is 92.9 cm³/mol. The van der Waals surface area contributed by atoms with Crippen LogP contribution in [0.15, 0.2) is 18.3 Å². The lowest BCUT2D eigenvalue weighted by Crippen LogP contribution is -2.48. The number of likely N-dealkylation sites (tertiary alicyclic amines) is 1. The first-order valence-electron chi connectivity index (χ1n) is 9.90. The lowest BCUT2D eigenvalue weighted by molar-refractivity contribution is -0.138. The van der Waals surface area contributed by atoms with Crippen molar-refractivity contribution in [2.24, 2.45) is 23.2 Å². The van der Waals surface area contributed by atoms with Gasteiger partial charge in [0.25, 0.3) is 0 Å². The number of amides is 1. The highest BCUT2D eigenvalue weighted by Crippen LogP contribution is 2.61. The Labute approximate surface area is 149 Å². The summed E-state index contributed by atoms with van der Waals surface area (Å²) in [6.45, 7) is 1.51. The number of ether oxygens (including phenoxy) is 1. The largest absolute Gasteiger partial charge is 0.471 e. The summed E-state index contributed by atoms with van der Waals surface area (Å²) in [7, 11) is 0. The number of carbonyl (C=O) groups is 1. The topological polar surface area (TPSA) is 55.3 Å². The molecule has 0 N–H and O–H groups in total. The second-order valence-electron chi connectivity index (χ2n) is 9.02. The monoisotopic (exact) mass is 341 g/mol. The van der Waals surface area contributed by atoms with Gasteiger partial charge in [-0.15, -0.1) is 5.10 Å². The quantitative estimate of drug-likeness (QED) is 0.844. The fraction of sp³-hybridized carbons (Fsp3) is 0.750.